The zero-order valence-electron chi connectivity index (χ0n) is 18.1. The predicted molar refractivity (Wildman–Crippen MR) is 118 cm³/mol. The van der Waals surface area contributed by atoms with E-state index in [0.29, 0.717) is 17.6 Å². The maximum atomic E-state index is 13.2. The first-order valence-corrected chi connectivity index (χ1v) is 10.7. The van der Waals surface area contributed by atoms with Crippen LogP contribution in [0.25, 0.3) is 0 Å². The van der Waals surface area contributed by atoms with Gasteiger partial charge in [0, 0.05) is 24.9 Å². The highest BCUT2D eigenvalue weighted by Gasteiger charge is 2.33. The molecule has 1 aliphatic rings. The number of ketones is 1. The van der Waals surface area contributed by atoms with Crippen LogP contribution in [0.2, 0.25) is 0 Å². The predicted octanol–water partition coefficient (Wildman–Crippen LogP) is 5.47. The summed E-state index contributed by atoms with van der Waals surface area (Å²) < 4.78 is 0. The van der Waals surface area contributed by atoms with Gasteiger partial charge < -0.3 is 4.90 Å². The van der Waals surface area contributed by atoms with Crippen LogP contribution in [0.5, 0.6) is 0 Å². The summed E-state index contributed by atoms with van der Waals surface area (Å²) in [6.45, 7) is 10.6. The van der Waals surface area contributed by atoms with Crippen molar-refractivity contribution in [2.75, 3.05) is 20.1 Å². The van der Waals surface area contributed by atoms with E-state index in [1.165, 1.54) is 22.3 Å². The molecule has 2 heteroatoms. The molecule has 150 valence electrons. The molecule has 0 N–H and O–H groups in total. The molecular weight excluding hydrogens is 342 g/mol. The fourth-order valence-corrected chi connectivity index (χ4v) is 4.32. The minimum atomic E-state index is 0.101. The van der Waals surface area contributed by atoms with E-state index in [4.69, 9.17) is 0 Å². The second-order valence-corrected chi connectivity index (χ2v) is 9.22. The van der Waals surface area contributed by atoms with Crippen LogP contribution in [0.1, 0.15) is 61.8 Å². The van der Waals surface area contributed by atoms with E-state index in [2.05, 4.69) is 88.2 Å². The number of rotatable bonds is 6. The standard InChI is InChI=1S/C26H35NO/c1-18(2)22-10-6-20(7-11-22)14-24-16-27(5)17-25(26(24)28)15-21-8-12-23(13-9-21)19(3)4/h6-13,18-19,24-25H,14-17H2,1-5H3/t24-,25-/m0/s1. The van der Waals surface area contributed by atoms with Crippen molar-refractivity contribution in [3.05, 3.63) is 70.8 Å². The highest BCUT2D eigenvalue weighted by molar-refractivity contribution is 5.85. The van der Waals surface area contributed by atoms with Crippen molar-refractivity contribution < 1.29 is 4.79 Å². The van der Waals surface area contributed by atoms with Crippen LogP contribution in [0.3, 0.4) is 0 Å². The lowest BCUT2D eigenvalue weighted by Gasteiger charge is -2.34. The summed E-state index contributed by atoms with van der Waals surface area (Å²) in [5.74, 6) is 1.73. The minimum absolute atomic E-state index is 0.101. The number of benzene rings is 2. The van der Waals surface area contributed by atoms with E-state index in [1.54, 1.807) is 0 Å². The smallest absolute Gasteiger partial charge is 0.142 e. The first kappa shape index (κ1) is 20.8. The number of nitrogens with zero attached hydrogens (tertiary/aromatic N) is 1. The largest absolute Gasteiger partial charge is 0.305 e. The van der Waals surface area contributed by atoms with Gasteiger partial charge in [-0.05, 0) is 54.0 Å². The van der Waals surface area contributed by atoms with Gasteiger partial charge >= 0.3 is 0 Å². The molecule has 1 fully saturated rings. The van der Waals surface area contributed by atoms with Crippen LogP contribution in [-0.2, 0) is 17.6 Å². The third-order valence-corrected chi connectivity index (χ3v) is 6.13. The first-order chi connectivity index (χ1) is 13.3. The molecule has 0 spiro atoms. The fraction of sp³-hybridized carbons (Fsp3) is 0.500. The summed E-state index contributed by atoms with van der Waals surface area (Å²) in [7, 11) is 2.15. The van der Waals surface area contributed by atoms with Gasteiger partial charge in [0.2, 0.25) is 0 Å². The molecule has 0 bridgehead atoms. The summed E-state index contributed by atoms with van der Waals surface area (Å²) in [5.41, 5.74) is 5.27. The monoisotopic (exact) mass is 377 g/mol. The Morgan fingerprint density at radius 1 is 0.750 bits per heavy atom. The molecule has 2 aromatic rings. The molecule has 2 nitrogen and oxygen atoms in total. The average molecular weight is 378 g/mol. The Morgan fingerprint density at radius 2 is 1.11 bits per heavy atom. The second-order valence-electron chi connectivity index (χ2n) is 9.22. The zero-order valence-corrected chi connectivity index (χ0v) is 18.1. The summed E-state index contributed by atoms with van der Waals surface area (Å²) in [4.78, 5) is 15.5. The van der Waals surface area contributed by atoms with Crippen LogP contribution < -0.4 is 0 Å². The molecule has 0 unspecified atom stereocenters. The van der Waals surface area contributed by atoms with Crippen LogP contribution in [0.15, 0.2) is 48.5 Å². The SMILES string of the molecule is CC(C)c1ccc(C[C@H]2CN(C)C[C@H](Cc3ccc(C(C)C)cc3)C2=O)cc1. The summed E-state index contributed by atoms with van der Waals surface area (Å²) >= 11 is 0. The second kappa shape index (κ2) is 9.05. The highest BCUT2D eigenvalue weighted by Crippen LogP contribution is 2.25. The Morgan fingerprint density at radius 3 is 1.43 bits per heavy atom. The van der Waals surface area contributed by atoms with Crippen LogP contribution in [0.4, 0.5) is 0 Å². The van der Waals surface area contributed by atoms with Crippen molar-refractivity contribution in [3.8, 4) is 0 Å². The van der Waals surface area contributed by atoms with E-state index < -0.39 is 0 Å². The third-order valence-electron chi connectivity index (χ3n) is 6.13. The summed E-state index contributed by atoms with van der Waals surface area (Å²) in [6.07, 6.45) is 1.70. The molecule has 28 heavy (non-hydrogen) atoms. The van der Waals surface area contributed by atoms with Crippen LogP contribution in [0, 0.1) is 11.8 Å². The number of likely N-dealkylation sites (tertiary alicyclic amines) is 1. The number of piperidine rings is 1. The van der Waals surface area contributed by atoms with Gasteiger partial charge in [-0.15, -0.1) is 0 Å². The summed E-state index contributed by atoms with van der Waals surface area (Å²) in [5, 5.41) is 0. The van der Waals surface area contributed by atoms with E-state index in [0.717, 1.165) is 25.9 Å². The molecule has 2 atom stereocenters. The number of hydrogen-bond donors (Lipinski definition) is 0. The lowest BCUT2D eigenvalue weighted by atomic mass is 9.81. The third kappa shape index (κ3) is 5.11. The topological polar surface area (TPSA) is 20.3 Å². The Bertz CT molecular complexity index is 708. The number of hydrogen-bond acceptors (Lipinski definition) is 2. The van der Waals surface area contributed by atoms with E-state index in [9.17, 15) is 4.79 Å². The van der Waals surface area contributed by atoms with Gasteiger partial charge in [-0.25, -0.2) is 0 Å². The maximum absolute atomic E-state index is 13.2. The molecule has 1 saturated heterocycles. The molecule has 0 aromatic heterocycles. The molecule has 0 amide bonds. The Balaban J connectivity index is 1.67. The molecule has 3 rings (SSSR count). The van der Waals surface area contributed by atoms with Crippen LogP contribution >= 0.6 is 0 Å². The Labute approximate surface area is 171 Å². The molecular formula is C26H35NO. The van der Waals surface area contributed by atoms with E-state index >= 15 is 0 Å². The van der Waals surface area contributed by atoms with Crippen molar-refractivity contribution in [3.63, 3.8) is 0 Å². The van der Waals surface area contributed by atoms with Gasteiger partial charge in [0.25, 0.3) is 0 Å². The molecule has 0 saturated carbocycles. The van der Waals surface area contributed by atoms with Gasteiger partial charge in [-0.1, -0.05) is 76.2 Å². The Kier molecular flexibility index (Phi) is 6.72. The average Bonchev–Trinajstić information content (AvgIpc) is 2.66. The van der Waals surface area contributed by atoms with Crippen molar-refractivity contribution in [1.29, 1.82) is 0 Å². The van der Waals surface area contributed by atoms with E-state index in [1.807, 2.05) is 0 Å². The quantitative estimate of drug-likeness (QED) is 0.666. The lowest BCUT2D eigenvalue weighted by Crippen LogP contribution is -2.46. The molecule has 0 radical (unpaired) electrons. The number of Topliss-reactive ketones (excluding diaryl/α,β-unsaturated/α-hetero) is 1. The van der Waals surface area contributed by atoms with Gasteiger partial charge in [-0.3, -0.25) is 4.79 Å². The number of carbonyl (C=O) groups is 1. The number of carbonyl (C=O) groups excluding carboxylic acids is 1. The zero-order chi connectivity index (χ0) is 20.3. The molecule has 0 aliphatic carbocycles. The van der Waals surface area contributed by atoms with Gasteiger partial charge in [0.15, 0.2) is 0 Å². The normalized spacial score (nSPS) is 20.9. The minimum Gasteiger partial charge on any atom is -0.305 e. The van der Waals surface area contributed by atoms with Gasteiger partial charge in [0.1, 0.15) is 5.78 Å². The molecule has 1 aliphatic heterocycles. The molecule has 2 aromatic carbocycles. The maximum Gasteiger partial charge on any atom is 0.142 e. The lowest BCUT2D eigenvalue weighted by molar-refractivity contribution is -0.130. The van der Waals surface area contributed by atoms with Crippen molar-refractivity contribution in [1.82, 2.24) is 4.90 Å². The highest BCUT2D eigenvalue weighted by atomic mass is 16.1. The van der Waals surface area contributed by atoms with Crippen molar-refractivity contribution >= 4 is 5.78 Å². The first-order valence-electron chi connectivity index (χ1n) is 10.7. The summed E-state index contributed by atoms with van der Waals surface area (Å²) in [6, 6.07) is 17.7. The van der Waals surface area contributed by atoms with Gasteiger partial charge in [-0.2, -0.15) is 0 Å². The van der Waals surface area contributed by atoms with Gasteiger partial charge in [0.05, 0.1) is 0 Å². The van der Waals surface area contributed by atoms with E-state index in [-0.39, 0.29) is 11.8 Å². The van der Waals surface area contributed by atoms with Crippen LogP contribution in [-0.4, -0.2) is 30.8 Å². The van der Waals surface area contributed by atoms with Crippen molar-refractivity contribution in [2.45, 2.75) is 52.4 Å². The fourth-order valence-electron chi connectivity index (χ4n) is 4.32. The molecule has 1 heterocycles. The van der Waals surface area contributed by atoms with Crippen molar-refractivity contribution in [2.24, 2.45) is 11.8 Å². The Hall–Kier alpha value is -1.93.